The molecule has 1 amide bonds. The summed E-state index contributed by atoms with van der Waals surface area (Å²) in [5.74, 6) is 0.321. The van der Waals surface area contributed by atoms with Crippen LogP contribution in [0.4, 0.5) is 0 Å². The van der Waals surface area contributed by atoms with Crippen LogP contribution in [0.3, 0.4) is 0 Å². The summed E-state index contributed by atoms with van der Waals surface area (Å²) in [7, 11) is 1.54. The molecular formula is C23H24N2O3. The van der Waals surface area contributed by atoms with E-state index in [1.54, 1.807) is 18.3 Å². The lowest BCUT2D eigenvalue weighted by molar-refractivity contribution is -0.121. The van der Waals surface area contributed by atoms with Crippen molar-refractivity contribution in [1.29, 1.82) is 0 Å². The fourth-order valence-electron chi connectivity index (χ4n) is 3.20. The first kappa shape index (κ1) is 19.5. The van der Waals surface area contributed by atoms with E-state index in [0.29, 0.717) is 24.3 Å². The predicted octanol–water partition coefficient (Wildman–Crippen LogP) is 3.87. The van der Waals surface area contributed by atoms with Gasteiger partial charge in [0.25, 0.3) is 0 Å². The molecular weight excluding hydrogens is 352 g/mol. The van der Waals surface area contributed by atoms with Gasteiger partial charge in [-0.3, -0.25) is 14.6 Å². The zero-order chi connectivity index (χ0) is 19.9. The normalized spacial score (nSPS) is 10.6. The maximum atomic E-state index is 12.5. The van der Waals surface area contributed by atoms with Gasteiger partial charge in [0, 0.05) is 31.0 Å². The van der Waals surface area contributed by atoms with Crippen molar-refractivity contribution in [2.75, 3.05) is 13.7 Å². The summed E-state index contributed by atoms with van der Waals surface area (Å²) >= 11 is 0. The number of pyridine rings is 1. The first-order valence-corrected chi connectivity index (χ1v) is 9.35. The van der Waals surface area contributed by atoms with Gasteiger partial charge in [-0.05, 0) is 37.1 Å². The molecule has 0 aliphatic rings. The molecule has 2 aromatic carbocycles. The molecule has 0 saturated heterocycles. The summed E-state index contributed by atoms with van der Waals surface area (Å²) in [5, 5.41) is 3.98. The van der Waals surface area contributed by atoms with Crippen LogP contribution in [-0.2, 0) is 11.2 Å². The molecule has 1 aromatic heterocycles. The number of nitrogens with zero attached hydrogens (tertiary/aromatic N) is 1. The van der Waals surface area contributed by atoms with Crippen LogP contribution in [0.1, 0.15) is 34.3 Å². The number of benzene rings is 2. The van der Waals surface area contributed by atoms with Gasteiger partial charge in [-0.2, -0.15) is 0 Å². The number of Topliss-reactive ketones (excluding diaryl/α,β-unsaturated/α-hetero) is 1. The number of carbonyl (C=O) groups is 2. The first-order valence-electron chi connectivity index (χ1n) is 9.35. The molecule has 3 rings (SSSR count). The van der Waals surface area contributed by atoms with Crippen molar-refractivity contribution >= 4 is 22.6 Å². The largest absolute Gasteiger partial charge is 0.496 e. The van der Waals surface area contributed by atoms with Crippen LogP contribution in [0.15, 0.2) is 54.7 Å². The number of ether oxygens (including phenoxy) is 1. The van der Waals surface area contributed by atoms with E-state index in [1.165, 1.54) is 7.11 Å². The Bertz CT molecular complexity index is 993. The number of nitrogens with one attached hydrogen (secondary N) is 1. The van der Waals surface area contributed by atoms with E-state index in [9.17, 15) is 9.59 Å². The summed E-state index contributed by atoms with van der Waals surface area (Å²) in [6, 6.07) is 15.4. The second-order valence-corrected chi connectivity index (χ2v) is 6.72. The van der Waals surface area contributed by atoms with Crippen molar-refractivity contribution in [2.24, 2.45) is 0 Å². The third kappa shape index (κ3) is 4.74. The van der Waals surface area contributed by atoms with Gasteiger partial charge in [-0.15, -0.1) is 0 Å². The Morgan fingerprint density at radius 3 is 2.71 bits per heavy atom. The van der Waals surface area contributed by atoms with E-state index in [0.717, 1.165) is 22.0 Å². The zero-order valence-corrected chi connectivity index (χ0v) is 16.2. The van der Waals surface area contributed by atoms with Gasteiger partial charge < -0.3 is 10.1 Å². The molecule has 0 fully saturated rings. The molecule has 0 spiro atoms. The lowest BCUT2D eigenvalue weighted by atomic mass is 10.0. The Morgan fingerprint density at radius 2 is 1.89 bits per heavy atom. The van der Waals surface area contributed by atoms with Gasteiger partial charge in [0.2, 0.25) is 5.91 Å². The van der Waals surface area contributed by atoms with Crippen LogP contribution in [0, 0.1) is 6.92 Å². The highest BCUT2D eigenvalue weighted by Crippen LogP contribution is 2.21. The minimum atomic E-state index is -0.131. The van der Waals surface area contributed by atoms with Crippen LogP contribution in [0.5, 0.6) is 5.75 Å². The number of aryl methyl sites for hydroxylation is 1. The molecule has 0 aliphatic heterocycles. The van der Waals surface area contributed by atoms with Crippen LogP contribution >= 0.6 is 0 Å². The topological polar surface area (TPSA) is 68.3 Å². The number of hydrogen-bond acceptors (Lipinski definition) is 4. The second kappa shape index (κ2) is 9.13. The number of ketones is 1. The maximum absolute atomic E-state index is 12.5. The smallest absolute Gasteiger partial charge is 0.220 e. The summed E-state index contributed by atoms with van der Waals surface area (Å²) in [5.41, 5.74) is 3.56. The number of hydrogen-bond donors (Lipinski definition) is 1. The average molecular weight is 376 g/mol. The monoisotopic (exact) mass is 376 g/mol. The molecule has 0 aliphatic carbocycles. The quantitative estimate of drug-likeness (QED) is 0.606. The van der Waals surface area contributed by atoms with Gasteiger partial charge in [0.1, 0.15) is 5.75 Å². The second-order valence-electron chi connectivity index (χ2n) is 6.72. The number of amides is 1. The Kier molecular flexibility index (Phi) is 6.37. The molecule has 1 heterocycles. The predicted molar refractivity (Wildman–Crippen MR) is 110 cm³/mol. The van der Waals surface area contributed by atoms with E-state index in [1.807, 2.05) is 43.3 Å². The first-order chi connectivity index (χ1) is 13.6. The van der Waals surface area contributed by atoms with Gasteiger partial charge >= 0.3 is 0 Å². The highest BCUT2D eigenvalue weighted by molar-refractivity contribution is 6.00. The van der Waals surface area contributed by atoms with Gasteiger partial charge in [0.05, 0.1) is 18.2 Å². The molecule has 0 bridgehead atoms. The molecule has 5 nitrogen and oxygen atoms in total. The number of methoxy groups -OCH3 is 1. The van der Waals surface area contributed by atoms with E-state index in [-0.39, 0.29) is 24.5 Å². The van der Waals surface area contributed by atoms with Crippen molar-refractivity contribution in [3.63, 3.8) is 0 Å². The Morgan fingerprint density at radius 1 is 1.07 bits per heavy atom. The van der Waals surface area contributed by atoms with Gasteiger partial charge in [0.15, 0.2) is 5.78 Å². The van der Waals surface area contributed by atoms with E-state index in [2.05, 4.69) is 10.3 Å². The number of carbonyl (C=O) groups excluding carboxylic acids is 2. The number of aromatic nitrogens is 1. The third-order valence-corrected chi connectivity index (χ3v) is 4.67. The van der Waals surface area contributed by atoms with E-state index >= 15 is 0 Å². The molecule has 0 unspecified atom stereocenters. The summed E-state index contributed by atoms with van der Waals surface area (Å²) in [6.45, 7) is 2.43. The van der Waals surface area contributed by atoms with E-state index < -0.39 is 0 Å². The molecule has 1 N–H and O–H groups in total. The lowest BCUT2D eigenvalue weighted by Crippen LogP contribution is -2.26. The zero-order valence-electron chi connectivity index (χ0n) is 16.2. The van der Waals surface area contributed by atoms with Crippen LogP contribution in [0.2, 0.25) is 0 Å². The molecule has 5 heteroatoms. The summed E-state index contributed by atoms with van der Waals surface area (Å²) in [4.78, 5) is 29.0. The lowest BCUT2D eigenvalue weighted by Gasteiger charge is -2.09. The molecule has 3 aromatic rings. The molecule has 144 valence electrons. The maximum Gasteiger partial charge on any atom is 0.220 e. The van der Waals surface area contributed by atoms with Gasteiger partial charge in [-0.25, -0.2) is 0 Å². The SMILES string of the molecule is COc1ccc(C)cc1C(=O)CCC(=O)NCCc1cccc2cccnc12. The Labute approximate surface area is 164 Å². The van der Waals surface area contributed by atoms with E-state index in [4.69, 9.17) is 4.74 Å². The summed E-state index contributed by atoms with van der Waals surface area (Å²) in [6.07, 6.45) is 2.78. The Hall–Kier alpha value is -3.21. The minimum Gasteiger partial charge on any atom is -0.496 e. The van der Waals surface area contributed by atoms with Crippen LogP contribution in [-0.4, -0.2) is 30.3 Å². The molecule has 0 radical (unpaired) electrons. The number of para-hydroxylation sites is 1. The fraction of sp³-hybridized carbons (Fsp3) is 0.261. The van der Waals surface area contributed by atoms with Crippen molar-refractivity contribution < 1.29 is 14.3 Å². The molecule has 0 saturated carbocycles. The minimum absolute atomic E-state index is 0.0889. The fourth-order valence-corrected chi connectivity index (χ4v) is 3.20. The van der Waals surface area contributed by atoms with Crippen molar-refractivity contribution in [3.05, 3.63) is 71.4 Å². The van der Waals surface area contributed by atoms with Crippen LogP contribution < -0.4 is 10.1 Å². The van der Waals surface area contributed by atoms with Gasteiger partial charge in [-0.1, -0.05) is 35.9 Å². The van der Waals surface area contributed by atoms with Crippen molar-refractivity contribution in [2.45, 2.75) is 26.2 Å². The molecule has 28 heavy (non-hydrogen) atoms. The number of fused-ring (bicyclic) bond motifs is 1. The van der Waals surface area contributed by atoms with Crippen molar-refractivity contribution in [3.8, 4) is 5.75 Å². The molecule has 0 atom stereocenters. The summed E-state index contributed by atoms with van der Waals surface area (Å²) < 4.78 is 5.25. The van der Waals surface area contributed by atoms with Crippen LogP contribution in [0.25, 0.3) is 10.9 Å². The highest BCUT2D eigenvalue weighted by Gasteiger charge is 2.14. The third-order valence-electron chi connectivity index (χ3n) is 4.67. The average Bonchev–Trinajstić information content (AvgIpc) is 2.72. The van der Waals surface area contributed by atoms with Crippen molar-refractivity contribution in [1.82, 2.24) is 10.3 Å². The highest BCUT2D eigenvalue weighted by atomic mass is 16.5. The Balaban J connectivity index is 1.51. The number of rotatable bonds is 8. The standard InChI is InChI=1S/C23H24N2O3/c1-16-8-10-21(28-2)19(15-16)20(26)9-11-22(27)24-14-12-18-6-3-5-17-7-4-13-25-23(17)18/h3-8,10,13,15H,9,11-12,14H2,1-2H3,(H,24,27).